The van der Waals surface area contributed by atoms with E-state index in [2.05, 4.69) is 0 Å². The molecule has 0 N–H and O–H groups in total. The van der Waals surface area contributed by atoms with Crippen LogP contribution in [0.2, 0.25) is 0 Å². The zero-order chi connectivity index (χ0) is 22.3. The molecule has 3 nitrogen and oxygen atoms in total. The summed E-state index contributed by atoms with van der Waals surface area (Å²) in [5.41, 5.74) is -1.22. The van der Waals surface area contributed by atoms with Gasteiger partial charge in [-0.05, 0) is 126 Å². The van der Waals surface area contributed by atoms with Crippen molar-refractivity contribution in [3.8, 4) is 0 Å². The molecule has 5 aliphatic rings. The number of alkyl halides is 1. The zero-order valence-corrected chi connectivity index (χ0v) is 20.5. The van der Waals surface area contributed by atoms with E-state index in [-0.39, 0.29) is 0 Å². The van der Waals surface area contributed by atoms with Crippen molar-refractivity contribution >= 4 is 5.78 Å². The van der Waals surface area contributed by atoms with Gasteiger partial charge in [-0.25, -0.2) is 4.39 Å². The van der Waals surface area contributed by atoms with Crippen LogP contribution in [0.4, 0.5) is 4.39 Å². The molecule has 0 bridgehead atoms. The molecule has 0 aromatic carbocycles. The summed E-state index contributed by atoms with van der Waals surface area (Å²) in [7, 11) is 3.65. The lowest BCUT2D eigenvalue weighted by molar-refractivity contribution is -0.195. The molecule has 0 amide bonds. The van der Waals surface area contributed by atoms with Crippen molar-refractivity contribution in [2.24, 2.45) is 34.5 Å². The van der Waals surface area contributed by atoms with E-state index in [1.165, 1.54) is 51.4 Å². The Bertz CT molecular complexity index is 592. The summed E-state index contributed by atoms with van der Waals surface area (Å²) >= 11 is 0. The second-order valence-electron chi connectivity index (χ2n) is 12.2. The lowest BCUT2D eigenvalue weighted by Gasteiger charge is -2.62. The van der Waals surface area contributed by atoms with Gasteiger partial charge in [-0.2, -0.15) is 0 Å². The molecule has 32 heavy (non-hydrogen) atoms. The largest absolute Gasteiger partial charge is 0.381 e. The second kappa shape index (κ2) is 9.29. The quantitative estimate of drug-likeness (QED) is 0.482. The van der Waals surface area contributed by atoms with Crippen LogP contribution in [-0.4, -0.2) is 38.4 Å². The van der Waals surface area contributed by atoms with Gasteiger partial charge < -0.3 is 9.47 Å². The molecule has 0 radical (unpaired) electrons. The highest BCUT2D eigenvalue weighted by Gasteiger charge is 2.71. The van der Waals surface area contributed by atoms with Crippen LogP contribution in [0.3, 0.4) is 0 Å². The number of ketones is 1. The number of Topliss-reactive ketones (excluding diaryl/α,β-unsaturated/α-hetero) is 1. The average molecular weight is 449 g/mol. The van der Waals surface area contributed by atoms with Crippen molar-refractivity contribution in [3.63, 3.8) is 0 Å². The molecular weight excluding hydrogens is 403 g/mol. The van der Waals surface area contributed by atoms with Crippen LogP contribution in [0, 0.1) is 34.5 Å². The van der Waals surface area contributed by atoms with E-state index in [9.17, 15) is 4.79 Å². The van der Waals surface area contributed by atoms with E-state index in [1.807, 2.05) is 14.2 Å². The maximum absolute atomic E-state index is 15.9. The first kappa shape index (κ1) is 23.3. The summed E-state index contributed by atoms with van der Waals surface area (Å²) in [5.74, 6) is 3.27. The number of hydrogen-bond acceptors (Lipinski definition) is 3. The fraction of sp³-hybridized carbons (Fsp3) is 0.964. The van der Waals surface area contributed by atoms with E-state index >= 15 is 4.39 Å². The predicted octanol–water partition coefficient (Wildman–Crippen LogP) is 6.67. The summed E-state index contributed by atoms with van der Waals surface area (Å²) < 4.78 is 27.0. The molecule has 0 saturated heterocycles. The van der Waals surface area contributed by atoms with E-state index < -0.39 is 17.0 Å². The highest BCUT2D eigenvalue weighted by atomic mass is 19.1. The monoisotopic (exact) mass is 448 g/mol. The highest BCUT2D eigenvalue weighted by molar-refractivity contribution is 5.98. The first-order chi connectivity index (χ1) is 15.5. The summed E-state index contributed by atoms with van der Waals surface area (Å²) in [6.45, 7) is 0. The molecule has 0 atom stereocenters. The third kappa shape index (κ3) is 3.80. The fourth-order valence-corrected chi connectivity index (χ4v) is 8.98. The molecule has 5 fully saturated rings. The first-order valence-corrected chi connectivity index (χ1v) is 13.8. The summed E-state index contributed by atoms with van der Waals surface area (Å²) in [6.07, 6.45) is 17.2. The van der Waals surface area contributed by atoms with Crippen LogP contribution in [0.1, 0.15) is 103 Å². The molecule has 2 spiro atoms. The van der Waals surface area contributed by atoms with Crippen LogP contribution in [-0.2, 0) is 14.3 Å². The molecular formula is C28H45FO3. The predicted molar refractivity (Wildman–Crippen MR) is 124 cm³/mol. The lowest BCUT2D eigenvalue weighted by Crippen LogP contribution is -2.69. The molecule has 4 heteroatoms. The topological polar surface area (TPSA) is 35.5 Å². The molecule has 182 valence electrons. The van der Waals surface area contributed by atoms with Crippen LogP contribution in [0.25, 0.3) is 0 Å². The number of hydrogen-bond donors (Lipinski definition) is 0. The van der Waals surface area contributed by atoms with E-state index in [0.717, 1.165) is 63.2 Å². The Balaban J connectivity index is 1.13. The Kier molecular flexibility index (Phi) is 6.75. The molecule has 0 aliphatic heterocycles. The number of rotatable bonds is 4. The maximum atomic E-state index is 15.9. The van der Waals surface area contributed by atoms with E-state index in [1.54, 1.807) is 0 Å². The van der Waals surface area contributed by atoms with Crippen molar-refractivity contribution in [3.05, 3.63) is 0 Å². The van der Waals surface area contributed by atoms with Gasteiger partial charge in [0, 0.05) is 14.2 Å². The van der Waals surface area contributed by atoms with Gasteiger partial charge in [0.2, 0.25) is 0 Å². The minimum absolute atomic E-state index is 0.334. The fourth-order valence-electron chi connectivity index (χ4n) is 8.98. The molecule has 0 unspecified atom stereocenters. The molecule has 0 heterocycles. The number of halogens is 1. The zero-order valence-electron chi connectivity index (χ0n) is 20.5. The third-order valence-corrected chi connectivity index (χ3v) is 11.2. The first-order valence-electron chi connectivity index (χ1n) is 13.8. The number of ether oxygens (including phenoxy) is 2. The van der Waals surface area contributed by atoms with Crippen molar-refractivity contribution in [1.29, 1.82) is 0 Å². The molecule has 5 aliphatic carbocycles. The van der Waals surface area contributed by atoms with Crippen LogP contribution >= 0.6 is 0 Å². The number of methoxy groups -OCH3 is 2. The van der Waals surface area contributed by atoms with Gasteiger partial charge >= 0.3 is 0 Å². The van der Waals surface area contributed by atoms with Crippen molar-refractivity contribution < 1.29 is 18.7 Å². The normalized spacial score (nSPS) is 49.8. The average Bonchev–Trinajstić information content (AvgIpc) is 2.88. The molecule has 0 aromatic heterocycles. The number of carbonyl (C=O) groups excluding carboxylic acids is 1. The Morgan fingerprint density at radius 2 is 0.906 bits per heavy atom. The van der Waals surface area contributed by atoms with Gasteiger partial charge in [0.15, 0.2) is 5.78 Å². The summed E-state index contributed by atoms with van der Waals surface area (Å²) in [5, 5.41) is 0. The van der Waals surface area contributed by atoms with E-state index in [4.69, 9.17) is 9.47 Å². The lowest BCUT2D eigenvalue weighted by atomic mass is 9.41. The molecule has 0 aromatic rings. The highest BCUT2D eigenvalue weighted by Crippen LogP contribution is 2.66. The van der Waals surface area contributed by atoms with Gasteiger partial charge in [0.1, 0.15) is 6.17 Å². The van der Waals surface area contributed by atoms with Gasteiger partial charge in [-0.1, -0.05) is 0 Å². The van der Waals surface area contributed by atoms with Gasteiger partial charge in [0.25, 0.3) is 0 Å². The standard InChI is InChI=1S/C28H45FO3/c1-31-23-7-3-19(4-8-23)21-11-15-27(16-12-21)25(29)28(26(27)30)17-13-22(14-18-28)20-5-9-24(32-2)10-6-20/h19-25H,3-18H2,1-2H3. The smallest absolute Gasteiger partial charge is 0.151 e. The third-order valence-electron chi connectivity index (χ3n) is 11.2. The second-order valence-corrected chi connectivity index (χ2v) is 12.2. The summed E-state index contributed by atoms with van der Waals surface area (Å²) in [4.78, 5) is 13.6. The van der Waals surface area contributed by atoms with Gasteiger partial charge in [-0.15, -0.1) is 0 Å². The summed E-state index contributed by atoms with van der Waals surface area (Å²) in [6, 6.07) is 0. The van der Waals surface area contributed by atoms with E-state index in [0.29, 0.717) is 29.8 Å². The SMILES string of the molecule is COC1CCC(C2CCC3(CC2)C(=O)C2(CCC(C4CCC(OC)CC4)CC2)C3F)CC1. The maximum Gasteiger partial charge on any atom is 0.151 e. The molecule has 5 saturated carbocycles. The van der Waals surface area contributed by atoms with Crippen LogP contribution < -0.4 is 0 Å². The Morgan fingerprint density at radius 1 is 0.594 bits per heavy atom. The van der Waals surface area contributed by atoms with Crippen molar-refractivity contribution in [2.75, 3.05) is 14.2 Å². The Hall–Kier alpha value is -0.480. The minimum atomic E-state index is -0.877. The van der Waals surface area contributed by atoms with Gasteiger partial charge in [0.05, 0.1) is 23.0 Å². The van der Waals surface area contributed by atoms with Crippen LogP contribution in [0.5, 0.6) is 0 Å². The minimum Gasteiger partial charge on any atom is -0.381 e. The Labute approximate surface area is 194 Å². The Morgan fingerprint density at radius 3 is 1.19 bits per heavy atom. The van der Waals surface area contributed by atoms with Gasteiger partial charge in [-0.3, -0.25) is 4.79 Å². The van der Waals surface area contributed by atoms with Crippen molar-refractivity contribution in [2.45, 2.75) is 121 Å². The van der Waals surface area contributed by atoms with Crippen LogP contribution in [0.15, 0.2) is 0 Å². The van der Waals surface area contributed by atoms with Crippen molar-refractivity contribution in [1.82, 2.24) is 0 Å². The molecule has 5 rings (SSSR count). The number of carbonyl (C=O) groups is 1.